The van der Waals surface area contributed by atoms with Crippen molar-refractivity contribution < 1.29 is 21.6 Å². The first-order valence-corrected chi connectivity index (χ1v) is 7.44. The van der Waals surface area contributed by atoms with Crippen LogP contribution < -0.4 is 5.32 Å². The summed E-state index contributed by atoms with van der Waals surface area (Å²) < 4.78 is 63.0. The van der Waals surface area contributed by atoms with Gasteiger partial charge in [-0.25, -0.2) is 8.42 Å². The maximum absolute atomic E-state index is 12.7. The van der Waals surface area contributed by atoms with Crippen molar-refractivity contribution in [1.29, 1.82) is 0 Å². The molecule has 0 radical (unpaired) electrons. The number of hydrogen-bond acceptors (Lipinski definition) is 3. The van der Waals surface area contributed by atoms with E-state index in [4.69, 9.17) is 0 Å². The first kappa shape index (κ1) is 12.7. The van der Waals surface area contributed by atoms with E-state index < -0.39 is 26.4 Å². The number of nitrogens with zero attached hydrogens (tertiary/aromatic N) is 1. The molecule has 0 spiro atoms. The molecule has 0 aromatic rings. The smallest absolute Gasteiger partial charge is 0.314 e. The number of piperazine rings is 1. The molecule has 104 valence electrons. The molecule has 3 saturated carbocycles. The van der Waals surface area contributed by atoms with Gasteiger partial charge in [0.25, 0.3) is 0 Å². The lowest BCUT2D eigenvalue weighted by atomic mass is 9.43. The number of rotatable bonds is 2. The summed E-state index contributed by atoms with van der Waals surface area (Å²) in [7, 11) is -3.56. The van der Waals surface area contributed by atoms with E-state index in [1.54, 1.807) is 0 Å². The van der Waals surface area contributed by atoms with Crippen molar-refractivity contribution in [2.24, 2.45) is 5.41 Å². The summed E-state index contributed by atoms with van der Waals surface area (Å²) >= 11 is 0. The largest absolute Gasteiger partial charge is 0.394 e. The molecule has 1 heterocycles. The standard InChI is InChI=1S/C10H15F3N2O2S/c11-10(12,13)8-5-9(6-8,7-8)18(16,17)15-3-1-14-2-4-15/h14H,1-7H2. The number of halogens is 3. The minimum atomic E-state index is -4.26. The molecule has 0 unspecified atom stereocenters. The van der Waals surface area contributed by atoms with E-state index in [2.05, 4.69) is 5.32 Å². The number of alkyl halides is 3. The van der Waals surface area contributed by atoms with Crippen LogP contribution in [0.25, 0.3) is 0 Å². The van der Waals surface area contributed by atoms with Gasteiger partial charge in [-0.05, 0) is 19.3 Å². The molecular formula is C10H15F3N2O2S. The van der Waals surface area contributed by atoms with Crippen molar-refractivity contribution >= 4 is 10.0 Å². The van der Waals surface area contributed by atoms with E-state index >= 15 is 0 Å². The lowest BCUT2D eigenvalue weighted by Gasteiger charge is -2.69. The van der Waals surface area contributed by atoms with Gasteiger partial charge in [0, 0.05) is 26.2 Å². The Bertz CT molecular complexity index is 448. The Balaban J connectivity index is 1.75. The second kappa shape index (κ2) is 3.40. The van der Waals surface area contributed by atoms with Gasteiger partial charge in [-0.15, -0.1) is 0 Å². The van der Waals surface area contributed by atoms with Crippen molar-refractivity contribution in [3.63, 3.8) is 0 Å². The Hall–Kier alpha value is -0.340. The Morgan fingerprint density at radius 2 is 1.56 bits per heavy atom. The van der Waals surface area contributed by atoms with E-state index in [9.17, 15) is 21.6 Å². The number of sulfonamides is 1. The summed E-state index contributed by atoms with van der Waals surface area (Å²) in [6.07, 6.45) is -4.98. The van der Waals surface area contributed by atoms with E-state index in [0.29, 0.717) is 26.2 Å². The highest BCUT2D eigenvalue weighted by molar-refractivity contribution is 7.90. The zero-order valence-electron chi connectivity index (χ0n) is 9.76. The minimum Gasteiger partial charge on any atom is -0.314 e. The quantitative estimate of drug-likeness (QED) is 0.812. The first-order chi connectivity index (χ1) is 8.23. The van der Waals surface area contributed by atoms with E-state index in [1.807, 2.05) is 0 Å². The molecule has 0 aromatic carbocycles. The van der Waals surface area contributed by atoms with Gasteiger partial charge in [0.15, 0.2) is 0 Å². The Morgan fingerprint density at radius 1 is 1.06 bits per heavy atom. The van der Waals surface area contributed by atoms with Gasteiger partial charge >= 0.3 is 6.18 Å². The SMILES string of the molecule is O=S(=O)(N1CCNCC1)C12CC(C(F)(F)F)(C1)C2. The van der Waals surface area contributed by atoms with Gasteiger partial charge in [0.2, 0.25) is 10.0 Å². The minimum absolute atomic E-state index is 0.240. The third kappa shape index (κ3) is 1.36. The summed E-state index contributed by atoms with van der Waals surface area (Å²) in [4.78, 5) is 0. The van der Waals surface area contributed by atoms with Gasteiger partial charge in [0.05, 0.1) is 10.2 Å². The van der Waals surface area contributed by atoms with Crippen LogP contribution in [-0.2, 0) is 10.0 Å². The molecule has 4 rings (SSSR count). The summed E-state index contributed by atoms with van der Waals surface area (Å²) in [5, 5.41) is 3.03. The highest BCUT2D eigenvalue weighted by atomic mass is 32.2. The third-order valence-electron chi connectivity index (χ3n) is 4.55. The summed E-state index contributed by atoms with van der Waals surface area (Å²) in [5.74, 6) is 0. The van der Waals surface area contributed by atoms with Gasteiger partial charge in [-0.2, -0.15) is 17.5 Å². The Morgan fingerprint density at radius 3 is 2.00 bits per heavy atom. The molecule has 0 amide bonds. The summed E-state index contributed by atoms with van der Waals surface area (Å²) in [6.45, 7) is 1.87. The van der Waals surface area contributed by atoms with Gasteiger partial charge in [0.1, 0.15) is 0 Å². The fourth-order valence-electron chi connectivity index (χ4n) is 3.43. The van der Waals surface area contributed by atoms with Crippen LogP contribution in [-0.4, -0.2) is 49.8 Å². The van der Waals surface area contributed by atoms with Crippen molar-refractivity contribution in [2.45, 2.75) is 30.2 Å². The predicted octanol–water partition coefficient (Wildman–Crippen LogP) is 0.706. The van der Waals surface area contributed by atoms with Crippen molar-refractivity contribution in [1.82, 2.24) is 9.62 Å². The molecule has 1 saturated heterocycles. The Labute approximate surface area is 104 Å². The van der Waals surface area contributed by atoms with Crippen LogP contribution in [0, 0.1) is 5.41 Å². The van der Waals surface area contributed by atoms with Crippen LogP contribution in [0.4, 0.5) is 13.2 Å². The van der Waals surface area contributed by atoms with Gasteiger partial charge in [-0.1, -0.05) is 0 Å². The van der Waals surface area contributed by atoms with Crippen LogP contribution in [0.5, 0.6) is 0 Å². The highest BCUT2D eigenvalue weighted by Crippen LogP contribution is 2.76. The zero-order chi connectivity index (χ0) is 13.2. The molecule has 0 atom stereocenters. The van der Waals surface area contributed by atoms with Crippen LogP contribution in [0.15, 0.2) is 0 Å². The first-order valence-electron chi connectivity index (χ1n) is 6.00. The van der Waals surface area contributed by atoms with Crippen molar-refractivity contribution in [2.75, 3.05) is 26.2 Å². The van der Waals surface area contributed by atoms with Crippen molar-refractivity contribution in [3.8, 4) is 0 Å². The average molecular weight is 284 g/mol. The highest BCUT2D eigenvalue weighted by Gasteiger charge is 2.83. The lowest BCUT2D eigenvalue weighted by molar-refractivity contribution is -0.315. The molecule has 1 aliphatic heterocycles. The molecule has 4 nitrogen and oxygen atoms in total. The molecule has 0 aromatic heterocycles. The second-order valence-corrected chi connectivity index (χ2v) is 7.98. The zero-order valence-corrected chi connectivity index (χ0v) is 10.6. The fraction of sp³-hybridized carbons (Fsp3) is 1.00. The normalized spacial score (nSPS) is 41.1. The molecule has 8 heteroatoms. The molecule has 2 bridgehead atoms. The molecule has 4 aliphatic rings. The van der Waals surface area contributed by atoms with Gasteiger partial charge in [-0.3, -0.25) is 0 Å². The third-order valence-corrected chi connectivity index (χ3v) is 7.12. The predicted molar refractivity (Wildman–Crippen MR) is 58.4 cm³/mol. The maximum atomic E-state index is 12.7. The molecule has 3 aliphatic carbocycles. The van der Waals surface area contributed by atoms with Crippen LogP contribution in [0.3, 0.4) is 0 Å². The summed E-state index contributed by atoms with van der Waals surface area (Å²) in [6, 6.07) is 0. The number of nitrogens with one attached hydrogen (secondary N) is 1. The molecule has 1 N–H and O–H groups in total. The van der Waals surface area contributed by atoms with Crippen molar-refractivity contribution in [3.05, 3.63) is 0 Å². The van der Waals surface area contributed by atoms with Crippen LogP contribution >= 0.6 is 0 Å². The summed E-state index contributed by atoms with van der Waals surface area (Å²) in [5.41, 5.74) is -1.70. The van der Waals surface area contributed by atoms with E-state index in [1.165, 1.54) is 4.31 Å². The number of hydrogen-bond donors (Lipinski definition) is 1. The molecule has 4 fully saturated rings. The van der Waals surface area contributed by atoms with Crippen LogP contribution in [0.1, 0.15) is 19.3 Å². The molecular weight excluding hydrogens is 269 g/mol. The maximum Gasteiger partial charge on any atom is 0.394 e. The fourth-order valence-corrected chi connectivity index (χ4v) is 6.01. The monoisotopic (exact) mass is 284 g/mol. The molecule has 18 heavy (non-hydrogen) atoms. The van der Waals surface area contributed by atoms with E-state index in [-0.39, 0.29) is 19.3 Å². The van der Waals surface area contributed by atoms with E-state index in [0.717, 1.165) is 0 Å². The second-order valence-electron chi connectivity index (χ2n) is 5.65. The average Bonchev–Trinajstić information content (AvgIpc) is 2.11. The Kier molecular flexibility index (Phi) is 2.40. The lowest BCUT2D eigenvalue weighted by Crippen LogP contribution is -2.77. The van der Waals surface area contributed by atoms with Gasteiger partial charge < -0.3 is 5.32 Å². The van der Waals surface area contributed by atoms with Crippen LogP contribution in [0.2, 0.25) is 0 Å². The topological polar surface area (TPSA) is 49.4 Å².